The van der Waals surface area contributed by atoms with Crippen LogP contribution in [0.5, 0.6) is 0 Å². The summed E-state index contributed by atoms with van der Waals surface area (Å²) in [6.45, 7) is 1.70. The maximum atomic E-state index is 12.8. The third-order valence-corrected chi connectivity index (χ3v) is 4.67. The smallest absolute Gasteiger partial charge is 0.283 e. The van der Waals surface area contributed by atoms with Crippen LogP contribution in [-0.4, -0.2) is 37.9 Å². The summed E-state index contributed by atoms with van der Waals surface area (Å²) in [5, 5.41) is 11.3. The predicted octanol–water partition coefficient (Wildman–Crippen LogP) is 1.91. The minimum Gasteiger partial charge on any atom is -0.289 e. The van der Waals surface area contributed by atoms with Crippen LogP contribution in [0.15, 0.2) is 47.4 Å². The number of carbonyl (C=O) groups excluding carboxylic acids is 2. The Kier molecular flexibility index (Phi) is 6.03. The summed E-state index contributed by atoms with van der Waals surface area (Å²) in [6, 6.07) is 9.39. The van der Waals surface area contributed by atoms with E-state index in [4.69, 9.17) is 4.84 Å². The second-order valence-electron chi connectivity index (χ2n) is 5.45. The zero-order valence-electron chi connectivity index (χ0n) is 14.5. The normalized spacial score (nSPS) is 11.0. The van der Waals surface area contributed by atoms with Crippen LogP contribution in [0.1, 0.15) is 33.2 Å². The summed E-state index contributed by atoms with van der Waals surface area (Å²) in [5.41, 5.74) is 0.602. The Balaban J connectivity index is 2.75. The van der Waals surface area contributed by atoms with E-state index >= 15 is 0 Å². The number of nitrogens with one attached hydrogen (secondary N) is 1. The van der Waals surface area contributed by atoms with Crippen molar-refractivity contribution in [1.29, 1.82) is 0 Å². The second-order valence-corrected chi connectivity index (χ2v) is 7.44. The van der Waals surface area contributed by atoms with E-state index in [1.807, 2.05) is 5.48 Å². The fourth-order valence-corrected chi connectivity index (χ4v) is 3.20. The van der Waals surface area contributed by atoms with Gasteiger partial charge in [0.2, 0.25) is 0 Å². The predicted molar refractivity (Wildman–Crippen MR) is 95.2 cm³/mol. The molecule has 0 saturated carbocycles. The Morgan fingerprint density at radius 1 is 1.15 bits per heavy atom. The molecule has 2 rings (SSSR count). The first kappa shape index (κ1) is 20.2. The number of nitro benzene ring substituents is 1. The zero-order chi connectivity index (χ0) is 20.2. The molecule has 0 unspecified atom stereocenters. The largest absolute Gasteiger partial charge is 0.289 e. The summed E-state index contributed by atoms with van der Waals surface area (Å²) in [7, 11) is -3.99. The number of rotatable bonds is 7. The van der Waals surface area contributed by atoms with E-state index in [0.29, 0.717) is 6.07 Å². The van der Waals surface area contributed by atoms with Crippen LogP contribution in [0.3, 0.4) is 0 Å². The summed E-state index contributed by atoms with van der Waals surface area (Å²) >= 11 is 0. The van der Waals surface area contributed by atoms with Gasteiger partial charge in [0.1, 0.15) is 5.56 Å². The van der Waals surface area contributed by atoms with E-state index in [1.54, 1.807) is 25.1 Å². The van der Waals surface area contributed by atoms with E-state index in [9.17, 15) is 28.1 Å². The lowest BCUT2D eigenvalue weighted by atomic mass is 10.00. The van der Waals surface area contributed by atoms with E-state index in [0.717, 1.165) is 12.3 Å². The molecule has 2 aromatic rings. The second kappa shape index (κ2) is 8.06. The van der Waals surface area contributed by atoms with Crippen molar-refractivity contribution in [2.45, 2.75) is 11.8 Å². The fraction of sp³-hybridized carbons (Fsp3) is 0.176. The van der Waals surface area contributed by atoms with Crippen LogP contribution in [-0.2, 0) is 14.7 Å². The third-order valence-electron chi connectivity index (χ3n) is 3.53. The first-order valence-corrected chi connectivity index (χ1v) is 9.60. The van der Waals surface area contributed by atoms with Gasteiger partial charge in [-0.3, -0.25) is 24.5 Å². The molecule has 0 aromatic heterocycles. The molecule has 142 valence electrons. The number of ketones is 1. The zero-order valence-corrected chi connectivity index (χ0v) is 15.3. The molecular formula is C17H16N2O7S. The molecule has 9 nitrogen and oxygen atoms in total. The lowest BCUT2D eigenvalue weighted by Crippen LogP contribution is -2.25. The molecule has 1 N–H and O–H groups in total. The molecule has 0 atom stereocenters. The highest BCUT2D eigenvalue weighted by Crippen LogP contribution is 2.29. The average molecular weight is 392 g/mol. The van der Waals surface area contributed by atoms with E-state index < -0.39 is 42.6 Å². The van der Waals surface area contributed by atoms with Crippen molar-refractivity contribution < 1.29 is 27.8 Å². The van der Waals surface area contributed by atoms with Gasteiger partial charge in [0.05, 0.1) is 16.4 Å². The van der Waals surface area contributed by atoms with Gasteiger partial charge in [-0.25, -0.2) is 13.9 Å². The van der Waals surface area contributed by atoms with Gasteiger partial charge in [-0.1, -0.05) is 30.3 Å². The number of hydrogen-bond acceptors (Lipinski definition) is 7. The Morgan fingerprint density at radius 2 is 1.78 bits per heavy atom. The number of nitrogens with zero attached hydrogens (tertiary/aromatic N) is 1. The van der Waals surface area contributed by atoms with E-state index in [1.165, 1.54) is 12.1 Å². The maximum Gasteiger partial charge on any atom is 0.283 e. The van der Waals surface area contributed by atoms with Crippen molar-refractivity contribution >= 4 is 27.2 Å². The molecule has 1 amide bonds. The molecule has 2 aromatic carbocycles. The van der Waals surface area contributed by atoms with Crippen molar-refractivity contribution in [3.8, 4) is 0 Å². The van der Waals surface area contributed by atoms with Gasteiger partial charge in [-0.15, -0.1) is 0 Å². The highest BCUT2D eigenvalue weighted by Gasteiger charge is 2.29. The summed E-state index contributed by atoms with van der Waals surface area (Å²) in [4.78, 5) is 39.6. The molecule has 0 fully saturated rings. The molecule has 0 heterocycles. The fourth-order valence-electron chi connectivity index (χ4n) is 2.32. The molecule has 0 saturated heterocycles. The minimum atomic E-state index is -3.99. The Hall–Kier alpha value is -3.11. The highest BCUT2D eigenvalue weighted by molar-refractivity contribution is 7.90. The van der Waals surface area contributed by atoms with Crippen LogP contribution >= 0.6 is 0 Å². The molecule has 0 aliphatic rings. The van der Waals surface area contributed by atoms with Gasteiger partial charge in [0, 0.05) is 23.4 Å². The number of carbonyl (C=O) groups is 2. The van der Waals surface area contributed by atoms with Gasteiger partial charge in [-0.2, -0.15) is 0 Å². The molecule has 0 radical (unpaired) electrons. The van der Waals surface area contributed by atoms with Crippen LogP contribution in [0.2, 0.25) is 0 Å². The van der Waals surface area contributed by atoms with E-state index in [2.05, 4.69) is 0 Å². The van der Waals surface area contributed by atoms with Crippen molar-refractivity contribution in [2.75, 3.05) is 12.9 Å². The van der Waals surface area contributed by atoms with Gasteiger partial charge < -0.3 is 0 Å². The molecule has 0 aliphatic carbocycles. The summed E-state index contributed by atoms with van der Waals surface area (Å²) < 4.78 is 24.2. The number of hydroxylamine groups is 1. The summed E-state index contributed by atoms with van der Waals surface area (Å²) in [5.74, 6) is -1.65. The molecule has 0 spiro atoms. The Labute approximate surface area is 155 Å². The van der Waals surface area contributed by atoms with Gasteiger partial charge in [-0.05, 0) is 13.0 Å². The van der Waals surface area contributed by atoms with Gasteiger partial charge in [0.25, 0.3) is 11.6 Å². The third kappa shape index (κ3) is 4.54. The van der Waals surface area contributed by atoms with Gasteiger partial charge in [0.15, 0.2) is 15.6 Å². The SMILES string of the molecule is CCONC(=O)c1cc(C(=O)c2ccccc2)c(S(C)(=O)=O)cc1[N+](=O)[O-]. The minimum absolute atomic E-state index is 0.108. The number of sulfone groups is 1. The van der Waals surface area contributed by atoms with Crippen molar-refractivity contribution in [2.24, 2.45) is 0 Å². The Bertz CT molecular complexity index is 1000. The maximum absolute atomic E-state index is 12.8. The van der Waals surface area contributed by atoms with E-state index in [-0.39, 0.29) is 17.7 Å². The van der Waals surface area contributed by atoms with Crippen LogP contribution in [0.25, 0.3) is 0 Å². The molecule has 0 bridgehead atoms. The number of benzene rings is 2. The number of hydrogen-bond donors (Lipinski definition) is 1. The van der Waals surface area contributed by atoms with Crippen molar-refractivity contribution in [1.82, 2.24) is 5.48 Å². The highest BCUT2D eigenvalue weighted by atomic mass is 32.2. The van der Waals surface area contributed by atoms with Crippen LogP contribution in [0.4, 0.5) is 5.69 Å². The first-order valence-electron chi connectivity index (χ1n) is 7.71. The quantitative estimate of drug-likeness (QED) is 0.432. The molecule has 27 heavy (non-hydrogen) atoms. The number of nitro groups is 1. The molecular weight excluding hydrogens is 376 g/mol. The van der Waals surface area contributed by atoms with Gasteiger partial charge >= 0.3 is 0 Å². The standard InChI is InChI=1S/C17H16N2O7S/c1-3-26-18-17(21)12-9-13(16(20)11-7-5-4-6-8-11)15(27(2,24)25)10-14(12)19(22)23/h4-10H,3H2,1-2H3,(H,18,21). The van der Waals surface area contributed by atoms with Crippen LogP contribution in [0, 0.1) is 10.1 Å². The van der Waals surface area contributed by atoms with Crippen molar-refractivity contribution in [3.05, 3.63) is 69.3 Å². The van der Waals surface area contributed by atoms with Crippen molar-refractivity contribution in [3.63, 3.8) is 0 Å². The Morgan fingerprint density at radius 3 is 2.30 bits per heavy atom. The lowest BCUT2D eigenvalue weighted by Gasteiger charge is -2.11. The topological polar surface area (TPSA) is 133 Å². The monoisotopic (exact) mass is 392 g/mol. The lowest BCUT2D eigenvalue weighted by molar-refractivity contribution is -0.385. The first-order chi connectivity index (χ1) is 12.7. The molecule has 0 aliphatic heterocycles. The number of amides is 1. The average Bonchev–Trinajstić information content (AvgIpc) is 2.64. The molecule has 10 heteroatoms. The van der Waals surface area contributed by atoms with Crippen LogP contribution < -0.4 is 5.48 Å². The summed E-state index contributed by atoms with van der Waals surface area (Å²) in [6.07, 6.45) is 0.827.